The summed E-state index contributed by atoms with van der Waals surface area (Å²) in [6.45, 7) is 9.66. The van der Waals surface area contributed by atoms with Crippen LogP contribution in [0.4, 0.5) is 0 Å². The number of hydrogen-bond acceptors (Lipinski definition) is 5. The van der Waals surface area contributed by atoms with E-state index in [2.05, 4.69) is 15.6 Å². The Morgan fingerprint density at radius 1 is 1.35 bits per heavy atom. The maximum atomic E-state index is 11.9. The zero-order chi connectivity index (χ0) is 15.3. The van der Waals surface area contributed by atoms with Crippen LogP contribution in [0.25, 0.3) is 0 Å². The van der Waals surface area contributed by atoms with Crippen LogP contribution in [0.1, 0.15) is 50.3 Å². The van der Waals surface area contributed by atoms with E-state index in [0.717, 1.165) is 6.42 Å². The number of esters is 1. The molecule has 1 aromatic heterocycles. The summed E-state index contributed by atoms with van der Waals surface area (Å²) in [6.07, 6.45) is 0.866. The highest BCUT2D eigenvalue weighted by Crippen LogP contribution is 2.13. The molecule has 0 aromatic carbocycles. The van der Waals surface area contributed by atoms with Crippen molar-refractivity contribution >= 4 is 11.9 Å². The van der Waals surface area contributed by atoms with Crippen molar-refractivity contribution in [2.75, 3.05) is 6.54 Å². The van der Waals surface area contributed by atoms with Gasteiger partial charge in [0, 0.05) is 6.54 Å². The number of carbonyl (C=O) groups is 2. The van der Waals surface area contributed by atoms with E-state index in [1.54, 1.807) is 27.7 Å². The van der Waals surface area contributed by atoms with Gasteiger partial charge in [0.25, 0.3) is 0 Å². The number of hydrogen-bond donors (Lipinski definition) is 1. The Kier molecular flexibility index (Phi) is 5.24. The van der Waals surface area contributed by atoms with E-state index in [4.69, 9.17) is 4.74 Å². The molecule has 112 valence electrons. The van der Waals surface area contributed by atoms with E-state index in [0.29, 0.717) is 12.2 Å². The largest absolute Gasteiger partial charge is 0.455 e. The lowest BCUT2D eigenvalue weighted by Crippen LogP contribution is -2.29. The summed E-state index contributed by atoms with van der Waals surface area (Å²) in [6, 6.07) is 0. The highest BCUT2D eigenvalue weighted by molar-refractivity contribution is 5.88. The fourth-order valence-electron chi connectivity index (χ4n) is 1.48. The average molecular weight is 282 g/mol. The smallest absolute Gasteiger partial charge is 0.361 e. The van der Waals surface area contributed by atoms with Crippen LogP contribution in [0.3, 0.4) is 0 Å². The zero-order valence-corrected chi connectivity index (χ0v) is 12.7. The highest BCUT2D eigenvalue weighted by Gasteiger charge is 2.23. The van der Waals surface area contributed by atoms with E-state index >= 15 is 0 Å². The van der Waals surface area contributed by atoms with Gasteiger partial charge in [0.1, 0.15) is 12.1 Å². The monoisotopic (exact) mass is 282 g/mol. The molecule has 0 atom stereocenters. The van der Waals surface area contributed by atoms with Gasteiger partial charge in [-0.05, 0) is 34.1 Å². The number of amides is 1. The SMILES string of the molecule is CCCNC(=O)Cn1nnc(C(=O)OC(C)(C)C)c1C. The quantitative estimate of drug-likeness (QED) is 0.816. The fourth-order valence-corrected chi connectivity index (χ4v) is 1.48. The van der Waals surface area contributed by atoms with Crippen molar-refractivity contribution in [1.82, 2.24) is 20.3 Å². The Bertz CT molecular complexity index is 488. The molecule has 1 aromatic rings. The molecule has 0 radical (unpaired) electrons. The molecule has 0 bridgehead atoms. The van der Waals surface area contributed by atoms with Crippen molar-refractivity contribution in [2.45, 2.75) is 53.2 Å². The first-order valence-corrected chi connectivity index (χ1v) is 6.64. The maximum Gasteiger partial charge on any atom is 0.361 e. The Hall–Kier alpha value is -1.92. The lowest BCUT2D eigenvalue weighted by Gasteiger charge is -2.18. The van der Waals surface area contributed by atoms with Gasteiger partial charge in [-0.15, -0.1) is 5.10 Å². The van der Waals surface area contributed by atoms with Crippen molar-refractivity contribution in [3.63, 3.8) is 0 Å². The normalized spacial score (nSPS) is 11.2. The van der Waals surface area contributed by atoms with Gasteiger partial charge in [-0.25, -0.2) is 9.48 Å². The maximum absolute atomic E-state index is 11.9. The molecule has 7 nitrogen and oxygen atoms in total. The van der Waals surface area contributed by atoms with Crippen molar-refractivity contribution in [3.8, 4) is 0 Å². The van der Waals surface area contributed by atoms with Gasteiger partial charge in [-0.2, -0.15) is 0 Å². The van der Waals surface area contributed by atoms with Crippen molar-refractivity contribution < 1.29 is 14.3 Å². The number of nitrogens with zero attached hydrogens (tertiary/aromatic N) is 3. The van der Waals surface area contributed by atoms with Crippen molar-refractivity contribution in [3.05, 3.63) is 11.4 Å². The number of ether oxygens (including phenoxy) is 1. The Morgan fingerprint density at radius 3 is 2.55 bits per heavy atom. The minimum absolute atomic E-state index is 0.0433. The summed E-state index contributed by atoms with van der Waals surface area (Å²) >= 11 is 0. The van der Waals surface area contributed by atoms with Crippen molar-refractivity contribution in [1.29, 1.82) is 0 Å². The standard InChI is InChI=1S/C13H22N4O3/c1-6-7-14-10(18)8-17-9(2)11(15-16-17)12(19)20-13(3,4)5/h6-8H2,1-5H3,(H,14,18). The molecule has 1 amide bonds. The first-order valence-electron chi connectivity index (χ1n) is 6.64. The number of aromatic nitrogens is 3. The second-order valence-electron chi connectivity index (χ2n) is 5.53. The predicted molar refractivity (Wildman–Crippen MR) is 73.2 cm³/mol. The molecule has 7 heteroatoms. The molecule has 0 aliphatic heterocycles. The molecular weight excluding hydrogens is 260 g/mol. The molecule has 0 saturated carbocycles. The van der Waals surface area contributed by atoms with E-state index in [-0.39, 0.29) is 18.1 Å². The van der Waals surface area contributed by atoms with Crippen LogP contribution in [0.15, 0.2) is 0 Å². The number of carbonyl (C=O) groups excluding carboxylic acids is 2. The van der Waals surface area contributed by atoms with Crippen LogP contribution in [-0.2, 0) is 16.1 Å². The summed E-state index contributed by atoms with van der Waals surface area (Å²) < 4.78 is 6.63. The molecule has 0 aliphatic rings. The van der Waals surface area contributed by atoms with E-state index in [1.165, 1.54) is 4.68 Å². The van der Waals surface area contributed by atoms with Crippen LogP contribution < -0.4 is 5.32 Å². The lowest BCUT2D eigenvalue weighted by atomic mass is 10.2. The van der Waals surface area contributed by atoms with Crippen LogP contribution in [0.5, 0.6) is 0 Å². The molecule has 20 heavy (non-hydrogen) atoms. The average Bonchev–Trinajstić information content (AvgIpc) is 2.66. The zero-order valence-electron chi connectivity index (χ0n) is 12.7. The molecule has 0 aliphatic carbocycles. The van der Waals surface area contributed by atoms with Crippen LogP contribution >= 0.6 is 0 Å². The van der Waals surface area contributed by atoms with Crippen LogP contribution in [0, 0.1) is 6.92 Å². The molecule has 1 N–H and O–H groups in total. The Morgan fingerprint density at radius 2 is 2.00 bits per heavy atom. The van der Waals surface area contributed by atoms with E-state index in [1.807, 2.05) is 6.92 Å². The number of rotatable bonds is 5. The van der Waals surface area contributed by atoms with Gasteiger partial charge in [0.2, 0.25) is 5.91 Å². The minimum Gasteiger partial charge on any atom is -0.455 e. The topological polar surface area (TPSA) is 86.1 Å². The Labute approximate surface area is 118 Å². The van der Waals surface area contributed by atoms with Gasteiger partial charge in [0.05, 0.1) is 5.69 Å². The second kappa shape index (κ2) is 6.49. The molecule has 1 rings (SSSR count). The van der Waals surface area contributed by atoms with Gasteiger partial charge in [-0.3, -0.25) is 4.79 Å². The molecule has 0 spiro atoms. The van der Waals surface area contributed by atoms with Crippen LogP contribution in [0.2, 0.25) is 0 Å². The summed E-state index contributed by atoms with van der Waals surface area (Å²) in [4.78, 5) is 23.5. The summed E-state index contributed by atoms with van der Waals surface area (Å²) in [5.41, 5.74) is 0.0698. The van der Waals surface area contributed by atoms with E-state index in [9.17, 15) is 9.59 Å². The molecule has 1 heterocycles. The fraction of sp³-hybridized carbons (Fsp3) is 0.692. The molecular formula is C13H22N4O3. The van der Waals surface area contributed by atoms with Crippen LogP contribution in [-0.4, -0.2) is 39.0 Å². The minimum atomic E-state index is -0.591. The van der Waals surface area contributed by atoms with Gasteiger partial charge < -0.3 is 10.1 Å². The van der Waals surface area contributed by atoms with Gasteiger partial charge >= 0.3 is 5.97 Å². The molecule has 0 unspecified atom stereocenters. The summed E-state index contributed by atoms with van der Waals surface area (Å²) in [7, 11) is 0. The van der Waals surface area contributed by atoms with E-state index < -0.39 is 11.6 Å². The summed E-state index contributed by atoms with van der Waals surface area (Å²) in [5, 5.41) is 10.4. The Balaban J connectivity index is 2.74. The third-order valence-electron chi connectivity index (χ3n) is 2.44. The first-order chi connectivity index (χ1) is 9.24. The molecule has 0 fully saturated rings. The lowest BCUT2D eigenvalue weighted by molar-refractivity contribution is -0.121. The number of nitrogens with one attached hydrogen (secondary N) is 1. The third kappa shape index (κ3) is 4.64. The second-order valence-corrected chi connectivity index (χ2v) is 5.53. The van der Waals surface area contributed by atoms with Gasteiger partial charge in [0.15, 0.2) is 5.69 Å². The molecule has 0 saturated heterocycles. The summed E-state index contributed by atoms with van der Waals surface area (Å²) in [5.74, 6) is -0.689. The first kappa shape index (κ1) is 16.1. The van der Waals surface area contributed by atoms with Crippen molar-refractivity contribution in [2.24, 2.45) is 0 Å². The predicted octanol–water partition coefficient (Wildman–Crippen LogP) is 1.07. The third-order valence-corrected chi connectivity index (χ3v) is 2.44. The highest BCUT2D eigenvalue weighted by atomic mass is 16.6. The van der Waals surface area contributed by atoms with Gasteiger partial charge in [-0.1, -0.05) is 12.1 Å².